The second-order valence-corrected chi connectivity index (χ2v) is 7.65. The number of carbonyl (C=O) groups is 1. The van der Waals surface area contributed by atoms with Crippen molar-refractivity contribution in [3.05, 3.63) is 0 Å². The van der Waals surface area contributed by atoms with E-state index in [9.17, 15) is 4.79 Å². The third-order valence-corrected chi connectivity index (χ3v) is 5.01. The van der Waals surface area contributed by atoms with E-state index in [4.69, 9.17) is 16.2 Å². The van der Waals surface area contributed by atoms with Crippen LogP contribution in [-0.4, -0.2) is 25.2 Å². The minimum atomic E-state index is -0.479. The Kier molecular flexibility index (Phi) is 20.2. The predicted molar refractivity (Wildman–Crippen MR) is 112 cm³/mol. The highest BCUT2D eigenvalue weighted by molar-refractivity contribution is 5.75. The first-order valence-corrected chi connectivity index (χ1v) is 11.3. The molecule has 26 heavy (non-hydrogen) atoms. The van der Waals surface area contributed by atoms with Crippen LogP contribution in [0.25, 0.3) is 0 Å². The smallest absolute Gasteiger partial charge is 0.322 e. The van der Waals surface area contributed by atoms with Gasteiger partial charge in [0.05, 0.1) is 6.61 Å². The summed E-state index contributed by atoms with van der Waals surface area (Å²) in [6.07, 6.45) is 21.1. The van der Waals surface area contributed by atoms with E-state index in [1.807, 2.05) is 0 Å². The molecule has 0 rings (SSSR count). The molecule has 0 aliphatic heterocycles. The van der Waals surface area contributed by atoms with Crippen molar-refractivity contribution in [3.63, 3.8) is 0 Å². The fourth-order valence-electron chi connectivity index (χ4n) is 3.20. The minimum absolute atomic E-state index is 0.253. The molecule has 0 bridgehead atoms. The van der Waals surface area contributed by atoms with Gasteiger partial charge < -0.3 is 16.2 Å². The molecule has 0 aromatic carbocycles. The molecular weight excluding hydrogens is 324 g/mol. The zero-order valence-corrected chi connectivity index (χ0v) is 17.5. The molecule has 0 saturated heterocycles. The summed E-state index contributed by atoms with van der Waals surface area (Å²) in [5.74, 6) is -0.253. The zero-order chi connectivity index (χ0) is 19.3. The molecule has 4 N–H and O–H groups in total. The van der Waals surface area contributed by atoms with Crippen LogP contribution in [-0.2, 0) is 9.53 Å². The second-order valence-electron chi connectivity index (χ2n) is 7.65. The third kappa shape index (κ3) is 18.2. The van der Waals surface area contributed by atoms with Gasteiger partial charge in [-0.05, 0) is 25.8 Å². The number of unbranched alkanes of at least 4 members (excludes halogenated alkanes) is 14. The molecule has 0 spiro atoms. The van der Waals surface area contributed by atoms with Crippen LogP contribution in [0.3, 0.4) is 0 Å². The van der Waals surface area contributed by atoms with Gasteiger partial charge in [-0.15, -0.1) is 0 Å². The number of ether oxygens (including phenoxy) is 1. The van der Waals surface area contributed by atoms with Gasteiger partial charge in [-0.25, -0.2) is 0 Å². The summed E-state index contributed by atoms with van der Waals surface area (Å²) in [6, 6.07) is -0.479. The Morgan fingerprint density at radius 1 is 0.731 bits per heavy atom. The zero-order valence-electron chi connectivity index (χ0n) is 17.5. The number of hydrogen-bond acceptors (Lipinski definition) is 4. The summed E-state index contributed by atoms with van der Waals surface area (Å²) in [6.45, 7) is 3.44. The van der Waals surface area contributed by atoms with Crippen LogP contribution < -0.4 is 11.5 Å². The molecule has 0 aromatic heterocycles. The maximum absolute atomic E-state index is 11.7. The van der Waals surface area contributed by atoms with Crippen LogP contribution in [0.5, 0.6) is 0 Å². The van der Waals surface area contributed by atoms with Crippen LogP contribution in [0.4, 0.5) is 0 Å². The highest BCUT2D eigenvalue weighted by atomic mass is 16.5. The number of carbonyl (C=O) groups excluding carboxylic acids is 1. The molecule has 0 radical (unpaired) electrons. The lowest BCUT2D eigenvalue weighted by atomic mass is 10.0. The Hall–Kier alpha value is -0.610. The third-order valence-electron chi connectivity index (χ3n) is 5.01. The van der Waals surface area contributed by atoms with Gasteiger partial charge >= 0.3 is 5.97 Å². The topological polar surface area (TPSA) is 78.3 Å². The highest BCUT2D eigenvalue weighted by Gasteiger charge is 2.13. The van der Waals surface area contributed by atoms with Gasteiger partial charge in [0.15, 0.2) is 0 Å². The molecule has 0 unspecified atom stereocenters. The molecule has 0 fully saturated rings. The maximum Gasteiger partial charge on any atom is 0.322 e. The van der Waals surface area contributed by atoms with Crippen molar-refractivity contribution in [2.24, 2.45) is 11.5 Å². The van der Waals surface area contributed by atoms with Crippen LogP contribution in [0.2, 0.25) is 0 Å². The summed E-state index contributed by atoms with van der Waals surface area (Å²) in [4.78, 5) is 11.7. The first-order chi connectivity index (χ1) is 12.7. The molecule has 1 atom stereocenters. The van der Waals surface area contributed by atoms with Crippen molar-refractivity contribution in [3.8, 4) is 0 Å². The normalized spacial score (nSPS) is 12.3. The summed E-state index contributed by atoms with van der Waals surface area (Å²) < 4.78 is 5.25. The summed E-state index contributed by atoms with van der Waals surface area (Å²) in [7, 11) is 0. The molecule has 4 nitrogen and oxygen atoms in total. The van der Waals surface area contributed by atoms with E-state index in [0.717, 1.165) is 25.7 Å². The van der Waals surface area contributed by atoms with E-state index in [-0.39, 0.29) is 5.97 Å². The lowest BCUT2D eigenvalue weighted by molar-refractivity contribution is -0.145. The minimum Gasteiger partial charge on any atom is -0.465 e. The Balaban J connectivity index is 3.20. The van der Waals surface area contributed by atoms with Crippen LogP contribution in [0.1, 0.15) is 116 Å². The van der Waals surface area contributed by atoms with Crippen LogP contribution in [0, 0.1) is 0 Å². The average molecular weight is 371 g/mol. The summed E-state index contributed by atoms with van der Waals surface area (Å²) >= 11 is 0. The van der Waals surface area contributed by atoms with Crippen LogP contribution >= 0.6 is 0 Å². The van der Waals surface area contributed by atoms with Crippen molar-refractivity contribution in [2.75, 3.05) is 13.2 Å². The van der Waals surface area contributed by atoms with E-state index in [1.165, 1.54) is 77.0 Å². The Morgan fingerprint density at radius 3 is 1.65 bits per heavy atom. The standard InChI is InChI=1S/C22H46N2O2/c1-2-3-4-5-6-7-8-9-10-11-12-13-14-17-20-26-22(25)21(24)18-15-16-19-23/h21H,2-20,23-24H2,1H3/t21-/m0/s1. The van der Waals surface area contributed by atoms with Gasteiger partial charge in [0, 0.05) is 0 Å². The highest BCUT2D eigenvalue weighted by Crippen LogP contribution is 2.13. The number of esters is 1. The number of nitrogens with two attached hydrogens (primary N) is 2. The molecular formula is C22H46N2O2. The van der Waals surface area contributed by atoms with Crippen molar-refractivity contribution in [1.82, 2.24) is 0 Å². The fraction of sp³-hybridized carbons (Fsp3) is 0.955. The van der Waals surface area contributed by atoms with Crippen LogP contribution in [0.15, 0.2) is 0 Å². The molecule has 156 valence electrons. The summed E-state index contributed by atoms with van der Waals surface area (Å²) in [5, 5.41) is 0. The quantitative estimate of drug-likeness (QED) is 0.220. The number of hydrogen-bond donors (Lipinski definition) is 2. The average Bonchev–Trinajstić information content (AvgIpc) is 2.64. The first kappa shape index (κ1) is 25.4. The van der Waals surface area contributed by atoms with Crippen molar-refractivity contribution in [2.45, 2.75) is 122 Å². The lowest BCUT2D eigenvalue weighted by Crippen LogP contribution is -2.32. The molecule has 0 saturated carbocycles. The SMILES string of the molecule is CCCCCCCCCCCCCCCCOC(=O)[C@@H](N)CCCCN. The largest absolute Gasteiger partial charge is 0.465 e. The summed E-state index contributed by atoms with van der Waals surface area (Å²) in [5.41, 5.74) is 11.2. The number of rotatable bonds is 20. The Bertz CT molecular complexity index is 298. The van der Waals surface area contributed by atoms with Gasteiger partial charge in [0.25, 0.3) is 0 Å². The second kappa shape index (κ2) is 20.7. The van der Waals surface area contributed by atoms with Crippen molar-refractivity contribution < 1.29 is 9.53 Å². The fourth-order valence-corrected chi connectivity index (χ4v) is 3.20. The van der Waals surface area contributed by atoms with E-state index in [2.05, 4.69) is 6.92 Å². The molecule has 0 heterocycles. The monoisotopic (exact) mass is 370 g/mol. The van der Waals surface area contributed by atoms with Gasteiger partial charge in [0.2, 0.25) is 0 Å². The van der Waals surface area contributed by atoms with E-state index < -0.39 is 6.04 Å². The van der Waals surface area contributed by atoms with Gasteiger partial charge in [-0.2, -0.15) is 0 Å². The van der Waals surface area contributed by atoms with Gasteiger partial charge in [0.1, 0.15) is 6.04 Å². The van der Waals surface area contributed by atoms with E-state index in [1.54, 1.807) is 0 Å². The molecule has 4 heteroatoms. The van der Waals surface area contributed by atoms with Gasteiger partial charge in [-0.3, -0.25) is 4.79 Å². The van der Waals surface area contributed by atoms with E-state index in [0.29, 0.717) is 19.6 Å². The lowest BCUT2D eigenvalue weighted by Gasteiger charge is -2.11. The van der Waals surface area contributed by atoms with E-state index >= 15 is 0 Å². The van der Waals surface area contributed by atoms with Crippen molar-refractivity contribution >= 4 is 5.97 Å². The van der Waals surface area contributed by atoms with Crippen molar-refractivity contribution in [1.29, 1.82) is 0 Å². The molecule has 0 aromatic rings. The first-order valence-electron chi connectivity index (χ1n) is 11.3. The van der Waals surface area contributed by atoms with Gasteiger partial charge in [-0.1, -0.05) is 96.8 Å². The Morgan fingerprint density at radius 2 is 1.19 bits per heavy atom. The predicted octanol–water partition coefficient (Wildman–Crippen LogP) is 5.47. The molecule has 0 amide bonds. The molecule has 0 aliphatic rings. The Labute approximate surface area is 162 Å². The molecule has 0 aliphatic carbocycles. The maximum atomic E-state index is 11.7.